The predicted molar refractivity (Wildman–Crippen MR) is 122 cm³/mol. The first kappa shape index (κ1) is 20.8. The van der Waals surface area contributed by atoms with Gasteiger partial charge in [-0.3, -0.25) is 4.79 Å². The second-order valence-electron chi connectivity index (χ2n) is 8.06. The largest absolute Gasteiger partial charge is 0.484 e. The Morgan fingerprint density at radius 1 is 1.06 bits per heavy atom. The Morgan fingerprint density at radius 2 is 1.84 bits per heavy atom. The van der Waals surface area contributed by atoms with Gasteiger partial charge in [0.15, 0.2) is 6.61 Å². The molecule has 2 aromatic heterocycles. The Bertz CT molecular complexity index is 1160. The van der Waals surface area contributed by atoms with Crippen molar-refractivity contribution >= 4 is 22.9 Å². The summed E-state index contributed by atoms with van der Waals surface area (Å²) in [6, 6.07) is 19.0. The van der Waals surface area contributed by atoms with Crippen LogP contribution in [0.3, 0.4) is 0 Å². The van der Waals surface area contributed by atoms with Gasteiger partial charge >= 0.3 is 0 Å². The molecule has 0 aliphatic rings. The van der Waals surface area contributed by atoms with E-state index in [1.54, 1.807) is 6.07 Å². The first-order chi connectivity index (χ1) is 14.9. The number of carbonyl (C=O) groups excluding carboxylic acids is 1. The summed E-state index contributed by atoms with van der Waals surface area (Å²) in [5.41, 5.74) is 2.51. The van der Waals surface area contributed by atoms with E-state index >= 15 is 0 Å². The Labute approximate surface area is 184 Å². The van der Waals surface area contributed by atoms with Gasteiger partial charge in [-0.15, -0.1) is 11.3 Å². The summed E-state index contributed by atoms with van der Waals surface area (Å²) < 4.78 is 11.1. The van der Waals surface area contributed by atoms with Crippen LogP contribution in [0, 0.1) is 0 Å². The molecule has 0 atom stereocenters. The molecule has 0 saturated heterocycles. The number of hydrogen-bond acceptors (Lipinski definition) is 6. The molecule has 31 heavy (non-hydrogen) atoms. The summed E-state index contributed by atoms with van der Waals surface area (Å²) in [6.45, 7) is 6.36. The maximum Gasteiger partial charge on any atom is 0.262 e. The van der Waals surface area contributed by atoms with Gasteiger partial charge in [0.1, 0.15) is 5.75 Å². The zero-order chi connectivity index (χ0) is 21.8. The van der Waals surface area contributed by atoms with Crippen molar-refractivity contribution in [3.05, 3.63) is 71.6 Å². The lowest BCUT2D eigenvalue weighted by Gasteiger charge is -2.19. The lowest BCUT2D eigenvalue weighted by atomic mass is 9.87. The molecule has 4 rings (SSSR count). The lowest BCUT2D eigenvalue weighted by molar-refractivity contribution is -0.118. The molecule has 0 saturated carbocycles. The van der Waals surface area contributed by atoms with Crippen molar-refractivity contribution < 1.29 is 14.1 Å². The summed E-state index contributed by atoms with van der Waals surface area (Å²) in [5.74, 6) is 1.24. The molecule has 6 nitrogen and oxygen atoms in total. The van der Waals surface area contributed by atoms with Gasteiger partial charge in [0.2, 0.25) is 5.82 Å². The number of thiophene rings is 1. The Morgan fingerprint density at radius 3 is 2.55 bits per heavy atom. The molecule has 7 heteroatoms. The number of amides is 1. The predicted octanol–water partition coefficient (Wildman–Crippen LogP) is 5.78. The zero-order valence-corrected chi connectivity index (χ0v) is 18.4. The molecular weight excluding hydrogens is 410 g/mol. The number of nitrogens with one attached hydrogen (secondary N) is 1. The summed E-state index contributed by atoms with van der Waals surface area (Å²) in [6.07, 6.45) is 0. The van der Waals surface area contributed by atoms with E-state index in [1.165, 1.54) is 16.9 Å². The van der Waals surface area contributed by atoms with Gasteiger partial charge in [-0.1, -0.05) is 56.3 Å². The molecule has 158 valence electrons. The molecule has 0 aliphatic carbocycles. The van der Waals surface area contributed by atoms with Crippen molar-refractivity contribution in [3.63, 3.8) is 0 Å². The Balaban J connectivity index is 1.42. The van der Waals surface area contributed by atoms with Crippen molar-refractivity contribution in [2.24, 2.45) is 0 Å². The number of benzene rings is 2. The van der Waals surface area contributed by atoms with Gasteiger partial charge in [-0.05, 0) is 46.7 Å². The number of para-hydroxylation sites is 1. The second-order valence-corrected chi connectivity index (χ2v) is 9.00. The highest BCUT2D eigenvalue weighted by Gasteiger charge is 2.16. The van der Waals surface area contributed by atoms with E-state index in [9.17, 15) is 4.79 Å². The molecule has 4 aromatic rings. The monoisotopic (exact) mass is 433 g/mol. The summed E-state index contributed by atoms with van der Waals surface area (Å²) in [4.78, 5) is 17.9. The lowest BCUT2D eigenvalue weighted by Crippen LogP contribution is -2.20. The first-order valence-electron chi connectivity index (χ1n) is 9.90. The number of ether oxygens (including phenoxy) is 1. The van der Waals surface area contributed by atoms with Gasteiger partial charge in [-0.2, -0.15) is 4.98 Å². The SMILES string of the molecule is CC(C)(C)c1ccc(OCC(=O)Nc2ccccc2-c2nc(-c3cccs3)no2)cc1. The van der Waals surface area contributed by atoms with E-state index < -0.39 is 0 Å². The molecule has 2 aromatic carbocycles. The van der Waals surface area contributed by atoms with Crippen molar-refractivity contribution in [3.8, 4) is 27.9 Å². The topological polar surface area (TPSA) is 77.2 Å². The molecule has 0 fully saturated rings. The fourth-order valence-electron chi connectivity index (χ4n) is 3.00. The normalized spacial score (nSPS) is 11.3. The fraction of sp³-hybridized carbons (Fsp3) is 0.208. The number of hydrogen-bond donors (Lipinski definition) is 1. The minimum absolute atomic E-state index is 0.0672. The van der Waals surface area contributed by atoms with Gasteiger partial charge < -0.3 is 14.6 Å². The van der Waals surface area contributed by atoms with Gasteiger partial charge in [0.25, 0.3) is 11.8 Å². The highest BCUT2D eigenvalue weighted by Crippen LogP contribution is 2.30. The van der Waals surface area contributed by atoms with Crippen molar-refractivity contribution in [1.82, 2.24) is 10.1 Å². The van der Waals surface area contributed by atoms with Crippen LogP contribution in [0.5, 0.6) is 5.75 Å². The third-order valence-corrected chi connectivity index (χ3v) is 5.56. The second kappa shape index (κ2) is 8.73. The van der Waals surface area contributed by atoms with E-state index in [2.05, 4.69) is 36.2 Å². The highest BCUT2D eigenvalue weighted by atomic mass is 32.1. The molecule has 0 spiro atoms. The van der Waals surface area contributed by atoms with Gasteiger partial charge in [0, 0.05) is 0 Å². The molecule has 1 N–H and O–H groups in total. The molecule has 1 amide bonds. The van der Waals surface area contributed by atoms with Crippen LogP contribution in [-0.2, 0) is 10.2 Å². The maximum atomic E-state index is 12.5. The Kier molecular flexibility index (Phi) is 5.86. The van der Waals surface area contributed by atoms with E-state index in [0.717, 1.165) is 4.88 Å². The summed E-state index contributed by atoms with van der Waals surface area (Å²) in [5, 5.41) is 8.87. The van der Waals surface area contributed by atoms with E-state index in [4.69, 9.17) is 9.26 Å². The van der Waals surface area contributed by atoms with E-state index in [0.29, 0.717) is 28.7 Å². The number of nitrogens with zero attached hydrogens (tertiary/aromatic N) is 2. The minimum atomic E-state index is -0.273. The summed E-state index contributed by atoms with van der Waals surface area (Å²) in [7, 11) is 0. The third kappa shape index (κ3) is 5.00. The van der Waals surface area contributed by atoms with Crippen molar-refractivity contribution in [2.45, 2.75) is 26.2 Å². The van der Waals surface area contributed by atoms with Crippen LogP contribution in [-0.4, -0.2) is 22.7 Å². The number of carbonyl (C=O) groups is 1. The average molecular weight is 434 g/mol. The fourth-order valence-corrected chi connectivity index (χ4v) is 3.65. The van der Waals surface area contributed by atoms with Crippen LogP contribution in [0.1, 0.15) is 26.3 Å². The van der Waals surface area contributed by atoms with E-state index in [1.807, 2.05) is 60.0 Å². The van der Waals surface area contributed by atoms with Crippen molar-refractivity contribution in [1.29, 1.82) is 0 Å². The Hall–Kier alpha value is -3.45. The van der Waals surface area contributed by atoms with Gasteiger partial charge in [0.05, 0.1) is 16.1 Å². The zero-order valence-electron chi connectivity index (χ0n) is 17.6. The minimum Gasteiger partial charge on any atom is -0.484 e. The molecule has 0 bridgehead atoms. The first-order valence-corrected chi connectivity index (χ1v) is 10.8. The third-order valence-electron chi connectivity index (χ3n) is 4.69. The van der Waals surface area contributed by atoms with Crippen LogP contribution < -0.4 is 10.1 Å². The maximum absolute atomic E-state index is 12.5. The molecular formula is C24H23N3O3S. The molecule has 0 aliphatic heterocycles. The molecule has 0 radical (unpaired) electrons. The number of rotatable bonds is 6. The molecule has 2 heterocycles. The van der Waals surface area contributed by atoms with E-state index in [-0.39, 0.29) is 17.9 Å². The number of anilines is 1. The number of aromatic nitrogens is 2. The highest BCUT2D eigenvalue weighted by molar-refractivity contribution is 7.13. The van der Waals surface area contributed by atoms with Crippen LogP contribution in [0.2, 0.25) is 0 Å². The molecule has 0 unspecified atom stereocenters. The standard InChI is InChI=1S/C24H23N3O3S/c1-24(2,3)16-10-12-17(13-11-16)29-15-21(28)25-19-8-5-4-7-18(19)23-26-22(27-30-23)20-9-6-14-31-20/h4-14H,15H2,1-3H3,(H,25,28). The van der Waals surface area contributed by atoms with Crippen LogP contribution >= 0.6 is 11.3 Å². The van der Waals surface area contributed by atoms with Crippen LogP contribution in [0.25, 0.3) is 22.2 Å². The van der Waals surface area contributed by atoms with Crippen LogP contribution in [0.4, 0.5) is 5.69 Å². The average Bonchev–Trinajstić information content (AvgIpc) is 3.44. The smallest absolute Gasteiger partial charge is 0.262 e. The summed E-state index contributed by atoms with van der Waals surface area (Å²) >= 11 is 1.53. The van der Waals surface area contributed by atoms with Crippen molar-refractivity contribution in [2.75, 3.05) is 11.9 Å². The quantitative estimate of drug-likeness (QED) is 0.417. The van der Waals surface area contributed by atoms with Gasteiger partial charge in [-0.25, -0.2) is 0 Å². The van der Waals surface area contributed by atoms with Crippen LogP contribution in [0.15, 0.2) is 70.6 Å².